The molecule has 0 saturated carbocycles. The van der Waals surface area contributed by atoms with Gasteiger partial charge in [0.05, 0.1) is 38.3 Å². The van der Waals surface area contributed by atoms with Crippen molar-refractivity contribution in [3.05, 3.63) is 50.2 Å². The Hall–Kier alpha value is -0.490. The first kappa shape index (κ1) is 14.9. The predicted octanol–water partition coefficient (Wildman–Crippen LogP) is 4.96. The lowest BCUT2D eigenvalue weighted by Gasteiger charge is -2.07. The molecule has 1 heterocycles. The SMILES string of the molecule is COc1ccccc1C(=O)c1c(Br)c(Cl)c(Cl)n1Br. The van der Waals surface area contributed by atoms with Gasteiger partial charge in [-0.05, 0) is 28.1 Å². The van der Waals surface area contributed by atoms with E-state index in [4.69, 9.17) is 27.9 Å². The molecule has 0 bridgehead atoms. The Morgan fingerprint density at radius 2 is 1.95 bits per heavy atom. The van der Waals surface area contributed by atoms with Crippen LogP contribution in [0.4, 0.5) is 0 Å². The number of para-hydroxylation sites is 1. The zero-order chi connectivity index (χ0) is 14.2. The van der Waals surface area contributed by atoms with Crippen LogP contribution in [0.3, 0.4) is 0 Å². The van der Waals surface area contributed by atoms with E-state index in [1.807, 2.05) is 0 Å². The fourth-order valence-corrected chi connectivity index (χ4v) is 3.48. The smallest absolute Gasteiger partial charge is 0.215 e. The molecule has 0 spiro atoms. The minimum absolute atomic E-state index is 0.229. The van der Waals surface area contributed by atoms with Crippen LogP contribution in [-0.2, 0) is 0 Å². The van der Waals surface area contributed by atoms with Gasteiger partial charge in [0.25, 0.3) is 0 Å². The molecule has 1 aromatic carbocycles. The van der Waals surface area contributed by atoms with Crippen molar-refractivity contribution >= 4 is 61.1 Å². The van der Waals surface area contributed by atoms with Crippen molar-refractivity contribution in [2.24, 2.45) is 0 Å². The number of carbonyl (C=O) groups excluding carboxylic acids is 1. The zero-order valence-corrected chi connectivity index (χ0v) is 14.3. The Bertz CT molecular complexity index is 630. The maximum atomic E-state index is 12.6. The van der Waals surface area contributed by atoms with Gasteiger partial charge < -0.3 is 4.74 Å². The summed E-state index contributed by atoms with van der Waals surface area (Å²) in [6.45, 7) is 0. The number of aromatic nitrogens is 1. The van der Waals surface area contributed by atoms with Gasteiger partial charge in [-0.3, -0.25) is 8.39 Å². The molecule has 3 nitrogen and oxygen atoms in total. The molecule has 2 aromatic rings. The summed E-state index contributed by atoms with van der Waals surface area (Å²) in [5.74, 6) is 0.232. The fourth-order valence-electron chi connectivity index (χ4n) is 1.61. The lowest BCUT2D eigenvalue weighted by atomic mass is 10.1. The van der Waals surface area contributed by atoms with E-state index >= 15 is 0 Å². The Kier molecular flexibility index (Phi) is 4.61. The van der Waals surface area contributed by atoms with Gasteiger partial charge in [-0.15, -0.1) is 0 Å². The van der Waals surface area contributed by atoms with Gasteiger partial charge in [-0.1, -0.05) is 35.3 Å². The first-order valence-electron chi connectivity index (χ1n) is 5.08. The number of ketones is 1. The van der Waals surface area contributed by atoms with E-state index in [0.29, 0.717) is 21.5 Å². The van der Waals surface area contributed by atoms with Crippen molar-refractivity contribution in [1.29, 1.82) is 0 Å². The van der Waals surface area contributed by atoms with Crippen molar-refractivity contribution in [3.8, 4) is 5.75 Å². The summed E-state index contributed by atoms with van der Waals surface area (Å²) in [5, 5.41) is 0.503. The van der Waals surface area contributed by atoms with Crippen LogP contribution in [0.15, 0.2) is 28.7 Å². The minimum atomic E-state index is -0.255. The van der Waals surface area contributed by atoms with Gasteiger partial charge in [0.2, 0.25) is 5.78 Å². The lowest BCUT2D eigenvalue weighted by Crippen LogP contribution is -2.07. The molecule has 100 valence electrons. The molecule has 0 fully saturated rings. The lowest BCUT2D eigenvalue weighted by molar-refractivity contribution is 0.103. The molecule has 0 radical (unpaired) electrons. The normalized spacial score (nSPS) is 10.6. The highest BCUT2D eigenvalue weighted by Crippen LogP contribution is 2.39. The third kappa shape index (κ3) is 2.57. The summed E-state index contributed by atoms with van der Waals surface area (Å²) in [7, 11) is 1.51. The van der Waals surface area contributed by atoms with Gasteiger partial charge in [0, 0.05) is 0 Å². The first-order chi connectivity index (χ1) is 8.99. The van der Waals surface area contributed by atoms with E-state index in [1.165, 1.54) is 10.7 Å². The highest BCUT2D eigenvalue weighted by Gasteiger charge is 2.25. The topological polar surface area (TPSA) is 31.2 Å². The summed E-state index contributed by atoms with van der Waals surface area (Å²) in [4.78, 5) is 12.6. The summed E-state index contributed by atoms with van der Waals surface area (Å²) in [5.41, 5.74) is 0.733. The molecule has 0 saturated heterocycles. The Labute approximate surface area is 136 Å². The zero-order valence-electron chi connectivity index (χ0n) is 9.58. The maximum absolute atomic E-state index is 12.6. The van der Waals surface area contributed by atoms with Gasteiger partial charge >= 0.3 is 0 Å². The second kappa shape index (κ2) is 5.87. The quantitative estimate of drug-likeness (QED) is 0.648. The number of carbonyl (C=O) groups is 1. The Morgan fingerprint density at radius 1 is 1.32 bits per heavy atom. The van der Waals surface area contributed by atoms with Crippen molar-refractivity contribution in [2.75, 3.05) is 7.11 Å². The highest BCUT2D eigenvalue weighted by atomic mass is 79.9. The van der Waals surface area contributed by atoms with E-state index in [2.05, 4.69) is 32.1 Å². The summed E-state index contributed by atoms with van der Waals surface area (Å²) < 4.78 is 6.97. The monoisotopic (exact) mass is 425 g/mol. The van der Waals surface area contributed by atoms with Crippen LogP contribution in [0.5, 0.6) is 5.75 Å². The molecule has 0 aliphatic rings. The molecular formula is C12H7Br2Cl2NO2. The molecule has 0 unspecified atom stereocenters. The summed E-state index contributed by atoms with van der Waals surface area (Å²) >= 11 is 18.4. The molecule has 0 amide bonds. The molecule has 0 N–H and O–H groups in total. The van der Waals surface area contributed by atoms with E-state index in [9.17, 15) is 4.79 Å². The molecule has 7 heteroatoms. The number of ether oxygens (including phenoxy) is 1. The van der Waals surface area contributed by atoms with Crippen LogP contribution < -0.4 is 4.74 Å². The number of hydrogen-bond acceptors (Lipinski definition) is 2. The number of benzene rings is 1. The van der Waals surface area contributed by atoms with Crippen molar-refractivity contribution in [2.45, 2.75) is 0 Å². The third-order valence-electron chi connectivity index (χ3n) is 2.52. The number of nitrogens with zero attached hydrogens (tertiary/aromatic N) is 1. The van der Waals surface area contributed by atoms with Crippen LogP contribution in [0.1, 0.15) is 16.1 Å². The standard InChI is InChI=1S/C12H7Br2Cl2NO2/c1-19-7-5-3-2-4-6(7)11(18)10-8(13)9(15)12(16)17(10)14/h2-5H,1H3. The van der Waals surface area contributed by atoms with Crippen LogP contribution in [0.25, 0.3) is 0 Å². The summed E-state index contributed by atoms with van der Waals surface area (Å²) in [6.07, 6.45) is 0. The number of halogens is 4. The molecule has 2 rings (SSSR count). The first-order valence-corrected chi connectivity index (χ1v) is 7.34. The number of rotatable bonds is 3. The average molecular weight is 428 g/mol. The average Bonchev–Trinajstić information content (AvgIpc) is 2.62. The maximum Gasteiger partial charge on any atom is 0.215 e. The minimum Gasteiger partial charge on any atom is -0.496 e. The van der Waals surface area contributed by atoms with Crippen LogP contribution in [-0.4, -0.2) is 16.5 Å². The van der Waals surface area contributed by atoms with Gasteiger partial charge in [0.1, 0.15) is 16.6 Å². The molecule has 19 heavy (non-hydrogen) atoms. The van der Waals surface area contributed by atoms with Gasteiger partial charge in [0.15, 0.2) is 0 Å². The van der Waals surface area contributed by atoms with E-state index in [1.54, 1.807) is 24.3 Å². The summed E-state index contributed by atoms with van der Waals surface area (Å²) in [6, 6.07) is 6.94. The van der Waals surface area contributed by atoms with Crippen molar-refractivity contribution in [3.63, 3.8) is 0 Å². The third-order valence-corrected chi connectivity index (χ3v) is 5.25. The van der Waals surface area contributed by atoms with Crippen LogP contribution in [0.2, 0.25) is 10.2 Å². The van der Waals surface area contributed by atoms with E-state index in [-0.39, 0.29) is 16.0 Å². The molecule has 0 aliphatic carbocycles. The largest absolute Gasteiger partial charge is 0.496 e. The molecule has 0 aliphatic heterocycles. The molecule has 1 aromatic heterocycles. The van der Waals surface area contributed by atoms with Crippen LogP contribution in [0, 0.1) is 0 Å². The Morgan fingerprint density at radius 3 is 2.47 bits per heavy atom. The number of methoxy groups -OCH3 is 1. The van der Waals surface area contributed by atoms with E-state index < -0.39 is 0 Å². The number of hydrogen-bond donors (Lipinski definition) is 0. The van der Waals surface area contributed by atoms with Crippen molar-refractivity contribution < 1.29 is 9.53 Å². The molecule has 0 atom stereocenters. The van der Waals surface area contributed by atoms with Gasteiger partial charge in [-0.25, -0.2) is 0 Å². The Balaban J connectivity index is 2.60. The van der Waals surface area contributed by atoms with Crippen molar-refractivity contribution in [1.82, 2.24) is 3.59 Å². The second-order valence-corrected chi connectivity index (χ2v) is 5.82. The predicted molar refractivity (Wildman–Crippen MR) is 82.9 cm³/mol. The van der Waals surface area contributed by atoms with E-state index in [0.717, 1.165) is 0 Å². The molecular weight excluding hydrogens is 421 g/mol. The van der Waals surface area contributed by atoms with Crippen LogP contribution >= 0.6 is 55.3 Å². The van der Waals surface area contributed by atoms with Gasteiger partial charge in [-0.2, -0.15) is 0 Å². The fraction of sp³-hybridized carbons (Fsp3) is 0.0833. The second-order valence-electron chi connectivity index (χ2n) is 3.58. The highest BCUT2D eigenvalue weighted by molar-refractivity contribution is 9.10.